The van der Waals surface area contributed by atoms with Crippen LogP contribution < -0.4 is 0 Å². The van der Waals surface area contributed by atoms with Crippen LogP contribution in [-0.4, -0.2) is 19.6 Å². The topological polar surface area (TPSA) is 64.1 Å². The first-order chi connectivity index (χ1) is 11.2. The van der Waals surface area contributed by atoms with Gasteiger partial charge in [-0.25, -0.2) is 9.97 Å². The minimum absolute atomic E-state index is 0.0728. The van der Waals surface area contributed by atoms with E-state index in [9.17, 15) is 5.11 Å². The highest BCUT2D eigenvalue weighted by atomic mass is 16.4. The molecule has 0 radical (unpaired) electrons. The lowest BCUT2D eigenvalue weighted by Gasteiger charge is -2.32. The van der Waals surface area contributed by atoms with E-state index in [1.54, 1.807) is 0 Å². The Morgan fingerprint density at radius 2 is 2.17 bits per heavy atom. The van der Waals surface area contributed by atoms with Crippen LogP contribution >= 0.6 is 0 Å². The van der Waals surface area contributed by atoms with E-state index in [2.05, 4.69) is 38.8 Å². The maximum absolute atomic E-state index is 10.9. The standard InChI is InChI=1S/C18H17N3O2/c1-10-20-16-15(23-10)7-6-13(18(16)22)17-12-5-3-2-4-11(12)14-8-19-9-21(14)17/h2-5,8-9,13,17-18,22H,6-7H2,1H3/t13-,17+,18-/m1/s1. The van der Waals surface area contributed by atoms with Gasteiger partial charge in [-0.15, -0.1) is 0 Å². The maximum Gasteiger partial charge on any atom is 0.191 e. The molecule has 5 rings (SSSR count). The molecule has 23 heavy (non-hydrogen) atoms. The first kappa shape index (κ1) is 13.1. The summed E-state index contributed by atoms with van der Waals surface area (Å²) in [5.74, 6) is 1.54. The Morgan fingerprint density at radius 3 is 3.09 bits per heavy atom. The van der Waals surface area contributed by atoms with Crippen LogP contribution in [0.1, 0.15) is 41.5 Å². The smallest absolute Gasteiger partial charge is 0.191 e. The minimum atomic E-state index is -0.609. The zero-order valence-electron chi connectivity index (χ0n) is 12.8. The Labute approximate surface area is 133 Å². The Kier molecular flexibility index (Phi) is 2.59. The molecule has 2 aromatic heterocycles. The number of rotatable bonds is 1. The van der Waals surface area contributed by atoms with Crippen LogP contribution in [0.3, 0.4) is 0 Å². The average Bonchev–Trinajstić information content (AvgIpc) is 3.22. The quantitative estimate of drug-likeness (QED) is 0.750. The summed E-state index contributed by atoms with van der Waals surface area (Å²) in [5.41, 5.74) is 4.31. The molecule has 1 aliphatic heterocycles. The molecule has 3 atom stereocenters. The number of aliphatic hydroxyl groups excluding tert-OH is 1. The van der Waals surface area contributed by atoms with Crippen molar-refractivity contribution in [2.24, 2.45) is 5.92 Å². The molecule has 1 N–H and O–H groups in total. The first-order valence-corrected chi connectivity index (χ1v) is 7.99. The van der Waals surface area contributed by atoms with Crippen molar-refractivity contribution in [3.05, 3.63) is 59.7 Å². The molecular weight excluding hydrogens is 290 g/mol. The van der Waals surface area contributed by atoms with Crippen LogP contribution in [-0.2, 0) is 6.42 Å². The van der Waals surface area contributed by atoms with Crippen molar-refractivity contribution in [3.63, 3.8) is 0 Å². The molecule has 2 aliphatic rings. The van der Waals surface area contributed by atoms with Gasteiger partial charge in [-0.3, -0.25) is 0 Å². The second kappa shape index (κ2) is 4.55. The van der Waals surface area contributed by atoms with Gasteiger partial charge in [0.25, 0.3) is 0 Å². The zero-order valence-corrected chi connectivity index (χ0v) is 12.8. The first-order valence-electron chi connectivity index (χ1n) is 7.99. The Bertz CT molecular complexity index is 895. The van der Waals surface area contributed by atoms with E-state index in [1.807, 2.05) is 19.4 Å². The normalized spacial score (nSPS) is 25.0. The third-order valence-corrected chi connectivity index (χ3v) is 5.15. The van der Waals surface area contributed by atoms with Gasteiger partial charge in [0.05, 0.1) is 24.3 Å². The number of imidazole rings is 1. The Morgan fingerprint density at radius 1 is 1.30 bits per heavy atom. The molecule has 5 nitrogen and oxygen atoms in total. The van der Waals surface area contributed by atoms with E-state index in [-0.39, 0.29) is 12.0 Å². The van der Waals surface area contributed by atoms with Crippen molar-refractivity contribution >= 4 is 0 Å². The number of fused-ring (bicyclic) bond motifs is 4. The lowest BCUT2D eigenvalue weighted by atomic mass is 9.79. The highest BCUT2D eigenvalue weighted by molar-refractivity contribution is 5.69. The number of hydrogen-bond donors (Lipinski definition) is 1. The SMILES string of the molecule is Cc1nc2c(o1)CC[C@H]([C@@H]1c3ccccc3-c3cncn31)[C@H]2O. The molecule has 0 unspecified atom stereocenters. The van der Waals surface area contributed by atoms with E-state index in [0.29, 0.717) is 11.6 Å². The zero-order chi connectivity index (χ0) is 15.6. The molecule has 0 bridgehead atoms. The molecule has 116 valence electrons. The molecule has 0 saturated carbocycles. The lowest BCUT2D eigenvalue weighted by molar-refractivity contribution is 0.0656. The lowest BCUT2D eigenvalue weighted by Crippen LogP contribution is -2.28. The highest BCUT2D eigenvalue weighted by Gasteiger charge is 2.42. The Balaban J connectivity index is 1.63. The summed E-state index contributed by atoms with van der Waals surface area (Å²) in [6.45, 7) is 1.83. The van der Waals surface area contributed by atoms with E-state index >= 15 is 0 Å². The van der Waals surface area contributed by atoms with E-state index in [0.717, 1.165) is 24.3 Å². The fourth-order valence-electron chi connectivity index (χ4n) is 4.19. The number of aromatic nitrogens is 3. The summed E-state index contributed by atoms with van der Waals surface area (Å²) < 4.78 is 7.81. The number of oxazole rings is 1. The average molecular weight is 307 g/mol. The molecule has 5 heteroatoms. The molecule has 0 amide bonds. The number of aliphatic hydroxyl groups is 1. The van der Waals surface area contributed by atoms with Gasteiger partial charge in [-0.05, 0) is 12.0 Å². The fraction of sp³-hybridized carbons (Fsp3) is 0.333. The van der Waals surface area contributed by atoms with Crippen LogP contribution in [0.4, 0.5) is 0 Å². The van der Waals surface area contributed by atoms with Gasteiger partial charge in [0.2, 0.25) is 0 Å². The molecular formula is C18H17N3O2. The summed E-state index contributed by atoms with van der Waals surface area (Å²) >= 11 is 0. The van der Waals surface area contributed by atoms with Gasteiger partial charge in [0, 0.05) is 24.8 Å². The summed E-state index contributed by atoms with van der Waals surface area (Å²) in [4.78, 5) is 8.72. The van der Waals surface area contributed by atoms with Gasteiger partial charge in [-0.1, -0.05) is 24.3 Å². The van der Waals surface area contributed by atoms with Crippen LogP contribution in [0, 0.1) is 12.8 Å². The van der Waals surface area contributed by atoms with Gasteiger partial charge in [0.1, 0.15) is 17.6 Å². The van der Waals surface area contributed by atoms with Crippen LogP contribution in [0.2, 0.25) is 0 Å². The van der Waals surface area contributed by atoms with Gasteiger partial charge >= 0.3 is 0 Å². The number of aryl methyl sites for hydroxylation is 2. The summed E-state index contributed by atoms with van der Waals surface area (Å²) in [5, 5.41) is 10.9. The van der Waals surface area contributed by atoms with Crippen molar-refractivity contribution in [1.82, 2.24) is 14.5 Å². The third-order valence-electron chi connectivity index (χ3n) is 5.15. The molecule has 3 aromatic rings. The molecule has 0 fully saturated rings. The molecule has 0 saturated heterocycles. The van der Waals surface area contributed by atoms with Gasteiger partial charge in [0.15, 0.2) is 5.89 Å². The van der Waals surface area contributed by atoms with E-state index < -0.39 is 6.10 Å². The Hall–Kier alpha value is -2.40. The number of benzene rings is 1. The van der Waals surface area contributed by atoms with Crippen molar-refractivity contribution in [2.75, 3.05) is 0 Å². The number of hydrogen-bond acceptors (Lipinski definition) is 4. The van der Waals surface area contributed by atoms with Crippen molar-refractivity contribution < 1.29 is 9.52 Å². The largest absolute Gasteiger partial charge is 0.446 e. The van der Waals surface area contributed by atoms with Crippen LogP contribution in [0.25, 0.3) is 11.3 Å². The molecule has 0 spiro atoms. The van der Waals surface area contributed by atoms with Gasteiger partial charge in [-0.2, -0.15) is 0 Å². The molecule has 1 aromatic carbocycles. The van der Waals surface area contributed by atoms with Crippen LogP contribution in [0.15, 0.2) is 41.2 Å². The maximum atomic E-state index is 10.9. The molecule has 3 heterocycles. The summed E-state index contributed by atoms with van der Waals surface area (Å²) in [6, 6.07) is 8.50. The minimum Gasteiger partial charge on any atom is -0.446 e. The highest BCUT2D eigenvalue weighted by Crippen LogP contribution is 2.49. The van der Waals surface area contributed by atoms with Crippen LogP contribution in [0.5, 0.6) is 0 Å². The van der Waals surface area contributed by atoms with Crippen molar-refractivity contribution in [1.29, 1.82) is 0 Å². The fourth-order valence-corrected chi connectivity index (χ4v) is 4.19. The summed E-state index contributed by atoms with van der Waals surface area (Å²) in [7, 11) is 0. The van der Waals surface area contributed by atoms with E-state index in [1.165, 1.54) is 11.1 Å². The monoisotopic (exact) mass is 307 g/mol. The van der Waals surface area contributed by atoms with Gasteiger partial charge < -0.3 is 14.1 Å². The number of nitrogens with zero attached hydrogens (tertiary/aromatic N) is 3. The predicted molar refractivity (Wildman–Crippen MR) is 83.8 cm³/mol. The molecule has 1 aliphatic carbocycles. The summed E-state index contributed by atoms with van der Waals surface area (Å²) in [6.07, 6.45) is 4.86. The third kappa shape index (κ3) is 1.71. The second-order valence-corrected chi connectivity index (χ2v) is 6.41. The van der Waals surface area contributed by atoms with Crippen molar-refractivity contribution in [2.45, 2.75) is 31.9 Å². The second-order valence-electron chi connectivity index (χ2n) is 6.41. The predicted octanol–water partition coefficient (Wildman–Crippen LogP) is 3.05. The van der Waals surface area contributed by atoms with E-state index in [4.69, 9.17) is 4.42 Å². The van der Waals surface area contributed by atoms with Crippen molar-refractivity contribution in [3.8, 4) is 11.3 Å².